The number of nitrogens with one attached hydrogen (secondary N) is 2. The van der Waals surface area contributed by atoms with Gasteiger partial charge in [-0.25, -0.2) is 8.42 Å². The van der Waals surface area contributed by atoms with Crippen LogP contribution in [0.4, 0.5) is 5.69 Å². The molecule has 9 heteroatoms. The lowest BCUT2D eigenvalue weighted by atomic mass is 9.94. The van der Waals surface area contributed by atoms with Crippen molar-refractivity contribution in [2.75, 3.05) is 4.72 Å². The van der Waals surface area contributed by atoms with E-state index in [2.05, 4.69) is 25.3 Å². The van der Waals surface area contributed by atoms with E-state index >= 15 is 0 Å². The third-order valence-electron chi connectivity index (χ3n) is 4.44. The highest BCUT2D eigenvalue weighted by atomic mass is 32.2. The lowest BCUT2D eigenvalue weighted by Gasteiger charge is -2.32. The molecule has 2 aromatic carbocycles. The summed E-state index contributed by atoms with van der Waals surface area (Å²) >= 11 is 0. The van der Waals surface area contributed by atoms with E-state index in [1.165, 1.54) is 0 Å². The van der Waals surface area contributed by atoms with Crippen LogP contribution in [0.25, 0.3) is 11.4 Å². The molecule has 0 saturated heterocycles. The lowest BCUT2D eigenvalue weighted by Crippen LogP contribution is -2.32. The Hall–Kier alpha value is -2.94. The third-order valence-corrected chi connectivity index (χ3v) is 5.82. The van der Waals surface area contributed by atoms with Crippen LogP contribution >= 0.6 is 0 Å². The summed E-state index contributed by atoms with van der Waals surface area (Å²) in [7, 11) is -3.73. The van der Waals surface area contributed by atoms with E-state index in [4.69, 9.17) is 4.74 Å². The molecule has 0 atom stereocenters. The molecule has 2 N–H and O–H groups in total. The Balaban J connectivity index is 1.60. The van der Waals surface area contributed by atoms with E-state index in [9.17, 15) is 8.42 Å². The van der Waals surface area contributed by atoms with Crippen molar-refractivity contribution in [1.82, 2.24) is 20.6 Å². The summed E-state index contributed by atoms with van der Waals surface area (Å²) < 4.78 is 34.2. The van der Waals surface area contributed by atoms with Crippen molar-refractivity contribution in [3.05, 3.63) is 48.0 Å². The van der Waals surface area contributed by atoms with E-state index in [0.29, 0.717) is 17.1 Å². The fraction of sp³-hybridized carbons (Fsp3) is 0.278. The van der Waals surface area contributed by atoms with E-state index in [1.807, 2.05) is 13.8 Å². The molecule has 0 unspecified atom stereocenters. The van der Waals surface area contributed by atoms with E-state index in [-0.39, 0.29) is 10.5 Å². The summed E-state index contributed by atoms with van der Waals surface area (Å²) in [5, 5.41) is 13.7. The molecule has 8 nitrogen and oxygen atoms in total. The Morgan fingerprint density at radius 2 is 2.04 bits per heavy atom. The van der Waals surface area contributed by atoms with Gasteiger partial charge in [-0.2, -0.15) is 5.21 Å². The number of sulfonamides is 1. The molecule has 0 radical (unpaired) electrons. The van der Waals surface area contributed by atoms with Crippen LogP contribution in [-0.4, -0.2) is 34.6 Å². The maximum absolute atomic E-state index is 12.8. The SMILES string of the molecule is CC1(C)CCc2cc(S(=O)(=O)Nc3cccc(-c4nn[nH]n4)c3)ccc2O1. The maximum atomic E-state index is 12.8. The minimum Gasteiger partial charge on any atom is -0.488 e. The second kappa shape index (κ2) is 6.34. The molecule has 1 aliphatic heterocycles. The van der Waals surface area contributed by atoms with Gasteiger partial charge in [0.2, 0.25) is 5.82 Å². The van der Waals surface area contributed by atoms with Gasteiger partial charge in [0.1, 0.15) is 11.4 Å². The van der Waals surface area contributed by atoms with E-state index in [0.717, 1.165) is 24.2 Å². The van der Waals surface area contributed by atoms with Crippen molar-refractivity contribution in [3.8, 4) is 17.1 Å². The van der Waals surface area contributed by atoms with Crippen LogP contribution in [0.5, 0.6) is 5.75 Å². The van der Waals surface area contributed by atoms with Crippen molar-refractivity contribution in [3.63, 3.8) is 0 Å². The van der Waals surface area contributed by atoms with Gasteiger partial charge in [0.05, 0.1) is 4.90 Å². The number of aromatic nitrogens is 4. The molecule has 0 fully saturated rings. The number of nitrogens with zero attached hydrogens (tertiary/aromatic N) is 3. The predicted molar refractivity (Wildman–Crippen MR) is 99.9 cm³/mol. The molecule has 3 aromatic rings. The number of fused-ring (bicyclic) bond motifs is 1. The second-order valence-electron chi connectivity index (χ2n) is 7.05. The van der Waals surface area contributed by atoms with Crippen LogP contribution in [0.2, 0.25) is 0 Å². The summed E-state index contributed by atoms with van der Waals surface area (Å²) in [5.74, 6) is 1.13. The Labute approximate surface area is 157 Å². The molecular formula is C18H19N5O3S. The quantitative estimate of drug-likeness (QED) is 0.715. The first-order valence-electron chi connectivity index (χ1n) is 8.51. The maximum Gasteiger partial charge on any atom is 0.261 e. The average molecular weight is 385 g/mol. The molecule has 140 valence electrons. The second-order valence-corrected chi connectivity index (χ2v) is 8.74. The molecule has 0 spiro atoms. The number of rotatable bonds is 4. The van der Waals surface area contributed by atoms with Gasteiger partial charge in [0, 0.05) is 11.3 Å². The third kappa shape index (κ3) is 3.63. The van der Waals surface area contributed by atoms with Gasteiger partial charge in [-0.15, -0.1) is 10.2 Å². The van der Waals surface area contributed by atoms with Crippen molar-refractivity contribution in [2.45, 2.75) is 37.2 Å². The van der Waals surface area contributed by atoms with Crippen LogP contribution < -0.4 is 9.46 Å². The lowest BCUT2D eigenvalue weighted by molar-refractivity contribution is 0.0845. The number of benzene rings is 2. The monoisotopic (exact) mass is 385 g/mol. The van der Waals surface area contributed by atoms with Gasteiger partial charge in [-0.05, 0) is 67.8 Å². The highest BCUT2D eigenvalue weighted by Gasteiger charge is 2.27. The molecule has 0 amide bonds. The van der Waals surface area contributed by atoms with Gasteiger partial charge < -0.3 is 4.74 Å². The Kier molecular flexibility index (Phi) is 4.11. The number of H-pyrrole nitrogens is 1. The molecule has 1 aliphatic rings. The first-order valence-corrected chi connectivity index (χ1v) is 9.99. The highest BCUT2D eigenvalue weighted by Crippen LogP contribution is 2.34. The van der Waals surface area contributed by atoms with Gasteiger partial charge in [0.15, 0.2) is 0 Å². The van der Waals surface area contributed by atoms with Crippen LogP contribution in [0.3, 0.4) is 0 Å². The molecule has 4 rings (SSSR count). The predicted octanol–water partition coefficient (Wildman–Crippen LogP) is 2.77. The van der Waals surface area contributed by atoms with Gasteiger partial charge in [0.25, 0.3) is 10.0 Å². The first kappa shape index (κ1) is 17.5. The summed E-state index contributed by atoms with van der Waals surface area (Å²) in [6.45, 7) is 4.05. The zero-order valence-corrected chi connectivity index (χ0v) is 15.7. The molecule has 1 aromatic heterocycles. The summed E-state index contributed by atoms with van der Waals surface area (Å²) in [6, 6.07) is 11.8. The van der Waals surface area contributed by atoms with E-state index < -0.39 is 10.0 Å². The topological polar surface area (TPSA) is 110 Å². The Bertz CT molecular complexity index is 1080. The Morgan fingerprint density at radius 3 is 2.81 bits per heavy atom. The van der Waals surface area contributed by atoms with Crippen LogP contribution in [0, 0.1) is 0 Å². The minimum atomic E-state index is -3.73. The van der Waals surface area contributed by atoms with Crippen LogP contribution in [0.15, 0.2) is 47.4 Å². The van der Waals surface area contributed by atoms with Gasteiger partial charge in [-0.1, -0.05) is 12.1 Å². The Morgan fingerprint density at radius 1 is 1.19 bits per heavy atom. The van der Waals surface area contributed by atoms with Crippen molar-refractivity contribution < 1.29 is 13.2 Å². The molecule has 27 heavy (non-hydrogen) atoms. The number of ether oxygens (including phenoxy) is 1. The molecule has 0 saturated carbocycles. The standard InChI is InChI=1S/C18H19N5O3S/c1-18(2)9-8-12-11-15(6-7-16(12)26-18)27(24,25)21-14-5-3-4-13(10-14)17-19-22-23-20-17/h3-7,10-11,21H,8-9H2,1-2H3,(H,19,20,22,23). The number of aromatic amines is 1. The normalized spacial score (nSPS) is 15.6. The first-order chi connectivity index (χ1) is 12.8. The van der Waals surface area contributed by atoms with Crippen molar-refractivity contribution in [2.24, 2.45) is 0 Å². The number of anilines is 1. The van der Waals surface area contributed by atoms with Gasteiger partial charge >= 0.3 is 0 Å². The van der Waals surface area contributed by atoms with E-state index in [1.54, 1.807) is 42.5 Å². The summed E-state index contributed by atoms with van der Waals surface area (Å²) in [5.41, 5.74) is 1.75. The molecular weight excluding hydrogens is 366 g/mol. The fourth-order valence-corrected chi connectivity index (χ4v) is 4.12. The molecule has 2 heterocycles. The number of tetrazole rings is 1. The largest absolute Gasteiger partial charge is 0.488 e. The molecule has 0 aliphatic carbocycles. The van der Waals surface area contributed by atoms with Gasteiger partial charge in [-0.3, -0.25) is 4.72 Å². The zero-order chi connectivity index (χ0) is 19.1. The number of hydrogen-bond donors (Lipinski definition) is 2. The smallest absolute Gasteiger partial charge is 0.261 e. The number of aryl methyl sites for hydroxylation is 1. The summed E-state index contributed by atoms with van der Waals surface area (Å²) in [4.78, 5) is 0.203. The zero-order valence-electron chi connectivity index (χ0n) is 14.9. The summed E-state index contributed by atoms with van der Waals surface area (Å²) in [6.07, 6.45) is 1.61. The van der Waals surface area contributed by atoms with Crippen LogP contribution in [0.1, 0.15) is 25.8 Å². The molecule has 0 bridgehead atoms. The van der Waals surface area contributed by atoms with Crippen LogP contribution in [-0.2, 0) is 16.4 Å². The van der Waals surface area contributed by atoms with Crippen molar-refractivity contribution in [1.29, 1.82) is 0 Å². The highest BCUT2D eigenvalue weighted by molar-refractivity contribution is 7.92. The number of hydrogen-bond acceptors (Lipinski definition) is 6. The fourth-order valence-electron chi connectivity index (χ4n) is 3.02. The average Bonchev–Trinajstić information content (AvgIpc) is 3.15. The van der Waals surface area contributed by atoms with Crippen molar-refractivity contribution >= 4 is 15.7 Å². The minimum absolute atomic E-state index is 0.203.